The highest BCUT2D eigenvalue weighted by Gasteiger charge is 2.15. The lowest BCUT2D eigenvalue weighted by Gasteiger charge is -2.18. The summed E-state index contributed by atoms with van der Waals surface area (Å²) >= 11 is 0. The number of rotatable bonds is 30. The van der Waals surface area contributed by atoms with Crippen LogP contribution in [0.25, 0.3) is 0 Å². The molecule has 0 rings (SSSR count). The first-order chi connectivity index (χ1) is 19.1. The Balaban J connectivity index is 3.28. The monoisotopic (exact) mass is 550 g/mol. The van der Waals surface area contributed by atoms with Crippen LogP contribution < -0.4 is 5.32 Å². The van der Waals surface area contributed by atoms with Crippen LogP contribution in [0.4, 0.5) is 0 Å². The van der Waals surface area contributed by atoms with Crippen LogP contribution in [-0.4, -0.2) is 34.9 Å². The molecule has 1 amide bonds. The van der Waals surface area contributed by atoms with Gasteiger partial charge in [0.2, 0.25) is 5.91 Å². The van der Waals surface area contributed by atoms with Gasteiger partial charge in [0.1, 0.15) is 0 Å². The van der Waals surface area contributed by atoms with E-state index in [1.165, 1.54) is 148 Å². The fourth-order valence-electron chi connectivity index (χ4n) is 5.17. The molecule has 4 nitrogen and oxygen atoms in total. The first-order valence-corrected chi connectivity index (χ1v) is 17.0. The van der Waals surface area contributed by atoms with Crippen molar-refractivity contribution in [1.29, 1.82) is 0 Å². The van der Waals surface area contributed by atoms with Gasteiger partial charge in [-0.15, -0.1) is 0 Å². The second-order valence-corrected chi connectivity index (χ2v) is 11.7. The molecule has 39 heavy (non-hydrogen) atoms. The molecule has 0 radical (unpaired) electrons. The van der Waals surface area contributed by atoms with Crippen LogP contribution in [0.2, 0.25) is 0 Å². The molecule has 0 fully saturated rings. The lowest BCUT2D eigenvalue weighted by molar-refractivity contribution is -0.120. The summed E-state index contributed by atoms with van der Waals surface area (Å²) in [6, 6.07) is -0.636. The molecule has 0 saturated heterocycles. The van der Waals surface area contributed by atoms with E-state index in [-0.39, 0.29) is 12.5 Å². The van der Waals surface area contributed by atoms with Crippen molar-refractivity contribution < 1.29 is 15.0 Å². The van der Waals surface area contributed by atoms with Crippen molar-refractivity contribution in [2.24, 2.45) is 0 Å². The van der Waals surface area contributed by atoms with Gasteiger partial charge in [-0.05, 0) is 25.7 Å². The molecular formula is C35H67NO3. The summed E-state index contributed by atoms with van der Waals surface area (Å²) in [6.45, 7) is 3.40. The second-order valence-electron chi connectivity index (χ2n) is 11.7. The van der Waals surface area contributed by atoms with Crippen molar-refractivity contribution in [3.63, 3.8) is 0 Å². The van der Waals surface area contributed by atoms with E-state index in [9.17, 15) is 15.0 Å². The predicted molar refractivity (Wildman–Crippen MR) is 170 cm³/mol. The molecule has 0 bridgehead atoms. The Labute approximate surface area is 243 Å². The Hall–Kier alpha value is -1.13. The predicted octanol–water partition coefficient (Wildman–Crippen LogP) is 9.73. The molecule has 3 N–H and O–H groups in total. The number of hydrogen-bond acceptors (Lipinski definition) is 3. The maximum Gasteiger partial charge on any atom is 0.217 e. The van der Waals surface area contributed by atoms with Crippen molar-refractivity contribution in [3.05, 3.63) is 24.3 Å². The lowest BCUT2D eigenvalue weighted by atomic mass is 10.0. The third kappa shape index (κ3) is 29.7. The quantitative estimate of drug-likeness (QED) is 0.0617. The zero-order valence-corrected chi connectivity index (χ0v) is 26.2. The van der Waals surface area contributed by atoms with Crippen molar-refractivity contribution in [1.82, 2.24) is 5.32 Å². The summed E-state index contributed by atoms with van der Waals surface area (Å²) in [6.07, 6.45) is 41.5. The molecule has 0 aliphatic carbocycles. The number of aliphatic hydroxyl groups excluding tert-OH is 2. The molecule has 230 valence electrons. The Morgan fingerprint density at radius 3 is 1.33 bits per heavy atom. The number of nitrogens with one attached hydrogen (secondary N) is 1. The van der Waals surface area contributed by atoms with Gasteiger partial charge in [-0.2, -0.15) is 0 Å². The standard InChI is InChI=1S/C35H67NO3/c1-3-4-5-6-7-8-9-10-11-12-13-14-15-16-17-18-19-20-21-22-23-24-25-26-27-28-29-30-31-35(39)34(32-37)36-33(2)38/h26-27,30-31,34-35,37,39H,3-25,28-29,32H2,1-2H3,(H,36,38)/b27-26+,31-30+. The van der Waals surface area contributed by atoms with Crippen LogP contribution in [0.3, 0.4) is 0 Å². The smallest absolute Gasteiger partial charge is 0.217 e. The SMILES string of the molecule is CCCCCCCCCCCCCCCCCCCCCCCC/C=C/CC/C=C/C(O)C(CO)NC(C)=O. The summed E-state index contributed by atoms with van der Waals surface area (Å²) in [5.41, 5.74) is 0. The lowest BCUT2D eigenvalue weighted by Crippen LogP contribution is -2.44. The minimum absolute atomic E-state index is 0.250. The highest BCUT2D eigenvalue weighted by molar-refractivity contribution is 5.73. The van der Waals surface area contributed by atoms with Crippen LogP contribution in [0, 0.1) is 0 Å². The van der Waals surface area contributed by atoms with E-state index < -0.39 is 12.1 Å². The average Bonchev–Trinajstić information content (AvgIpc) is 2.93. The Bertz CT molecular complexity index is 560. The third-order valence-electron chi connectivity index (χ3n) is 7.72. The fraction of sp³-hybridized carbons (Fsp3) is 0.857. The van der Waals surface area contributed by atoms with E-state index in [0.29, 0.717) is 0 Å². The van der Waals surface area contributed by atoms with Crippen LogP contribution in [-0.2, 0) is 4.79 Å². The summed E-state index contributed by atoms with van der Waals surface area (Å²) in [5.74, 6) is -0.250. The molecule has 0 aliphatic rings. The summed E-state index contributed by atoms with van der Waals surface area (Å²) in [5, 5.41) is 21.8. The molecule has 2 atom stereocenters. The number of hydrogen-bond donors (Lipinski definition) is 3. The first kappa shape index (κ1) is 37.9. The zero-order chi connectivity index (χ0) is 28.7. The molecule has 0 aromatic rings. The molecule has 0 aromatic heterocycles. The van der Waals surface area contributed by atoms with E-state index in [1.54, 1.807) is 6.08 Å². The molecular weight excluding hydrogens is 482 g/mol. The molecule has 0 spiro atoms. The van der Waals surface area contributed by atoms with Gasteiger partial charge >= 0.3 is 0 Å². The van der Waals surface area contributed by atoms with Crippen molar-refractivity contribution in [2.75, 3.05) is 6.61 Å². The normalized spacial score (nSPS) is 13.4. The molecule has 0 aromatic carbocycles. The number of carbonyl (C=O) groups excluding carboxylic acids is 1. The number of aliphatic hydroxyl groups is 2. The number of allylic oxidation sites excluding steroid dienone is 3. The average molecular weight is 550 g/mol. The van der Waals surface area contributed by atoms with Gasteiger partial charge in [0, 0.05) is 6.92 Å². The number of unbranched alkanes of at least 4 members (excludes halogenated alkanes) is 23. The van der Waals surface area contributed by atoms with Crippen LogP contribution >= 0.6 is 0 Å². The van der Waals surface area contributed by atoms with Crippen LogP contribution in [0.15, 0.2) is 24.3 Å². The Morgan fingerprint density at radius 2 is 0.949 bits per heavy atom. The van der Waals surface area contributed by atoms with Gasteiger partial charge < -0.3 is 15.5 Å². The molecule has 4 heteroatoms. The topological polar surface area (TPSA) is 69.6 Å². The molecule has 0 aliphatic heterocycles. The second kappa shape index (κ2) is 31.4. The van der Waals surface area contributed by atoms with Gasteiger partial charge in [0.25, 0.3) is 0 Å². The van der Waals surface area contributed by atoms with Gasteiger partial charge in [-0.25, -0.2) is 0 Å². The first-order valence-electron chi connectivity index (χ1n) is 17.0. The highest BCUT2D eigenvalue weighted by Crippen LogP contribution is 2.15. The summed E-state index contributed by atoms with van der Waals surface area (Å²) in [7, 11) is 0. The molecule has 0 saturated carbocycles. The van der Waals surface area contributed by atoms with E-state index in [4.69, 9.17) is 0 Å². The van der Waals surface area contributed by atoms with Crippen molar-refractivity contribution >= 4 is 5.91 Å². The summed E-state index contributed by atoms with van der Waals surface area (Å²) < 4.78 is 0. The Kier molecular flexibility index (Phi) is 30.5. The van der Waals surface area contributed by atoms with E-state index in [0.717, 1.165) is 19.3 Å². The summed E-state index contributed by atoms with van der Waals surface area (Å²) in [4.78, 5) is 11.1. The van der Waals surface area contributed by atoms with Gasteiger partial charge in [-0.1, -0.05) is 166 Å². The van der Waals surface area contributed by atoms with Gasteiger partial charge in [0.15, 0.2) is 0 Å². The largest absolute Gasteiger partial charge is 0.394 e. The van der Waals surface area contributed by atoms with Gasteiger partial charge in [-0.3, -0.25) is 4.79 Å². The van der Waals surface area contributed by atoms with Crippen molar-refractivity contribution in [2.45, 2.75) is 187 Å². The molecule has 2 unspecified atom stereocenters. The maximum absolute atomic E-state index is 11.1. The fourth-order valence-corrected chi connectivity index (χ4v) is 5.17. The van der Waals surface area contributed by atoms with Crippen LogP contribution in [0.5, 0.6) is 0 Å². The number of carbonyl (C=O) groups is 1. The van der Waals surface area contributed by atoms with Gasteiger partial charge in [0.05, 0.1) is 18.8 Å². The van der Waals surface area contributed by atoms with Crippen LogP contribution in [0.1, 0.15) is 174 Å². The van der Waals surface area contributed by atoms with Crippen molar-refractivity contribution in [3.8, 4) is 0 Å². The highest BCUT2D eigenvalue weighted by atomic mass is 16.3. The maximum atomic E-state index is 11.1. The van der Waals surface area contributed by atoms with E-state index in [2.05, 4.69) is 24.4 Å². The third-order valence-corrected chi connectivity index (χ3v) is 7.72. The van der Waals surface area contributed by atoms with E-state index in [1.807, 2.05) is 6.08 Å². The van der Waals surface area contributed by atoms with E-state index >= 15 is 0 Å². The Morgan fingerprint density at radius 1 is 0.590 bits per heavy atom. The number of amides is 1. The minimum atomic E-state index is -0.855. The minimum Gasteiger partial charge on any atom is -0.394 e. The molecule has 0 heterocycles. The zero-order valence-electron chi connectivity index (χ0n) is 26.2.